The van der Waals surface area contributed by atoms with Gasteiger partial charge in [-0.15, -0.1) is 0 Å². The molecule has 1 aliphatic rings. The Morgan fingerprint density at radius 2 is 1.72 bits per heavy atom. The van der Waals surface area contributed by atoms with Crippen molar-refractivity contribution in [1.29, 1.82) is 0 Å². The van der Waals surface area contributed by atoms with E-state index >= 15 is 0 Å². The number of hydrogen-bond donors (Lipinski definition) is 1. The fourth-order valence-electron chi connectivity index (χ4n) is 2.72. The van der Waals surface area contributed by atoms with Crippen LogP contribution in [0.5, 0.6) is 0 Å². The third kappa shape index (κ3) is 4.39. The van der Waals surface area contributed by atoms with E-state index < -0.39 is 5.97 Å². The molecule has 0 aliphatic carbocycles. The van der Waals surface area contributed by atoms with Crippen molar-refractivity contribution in [2.45, 2.75) is 25.6 Å². The summed E-state index contributed by atoms with van der Waals surface area (Å²) in [7, 11) is 0. The molecule has 0 bridgehead atoms. The van der Waals surface area contributed by atoms with E-state index in [9.17, 15) is 9.59 Å². The molecule has 0 spiro atoms. The van der Waals surface area contributed by atoms with Crippen molar-refractivity contribution in [2.24, 2.45) is 0 Å². The van der Waals surface area contributed by atoms with Gasteiger partial charge in [0.2, 0.25) is 0 Å². The molecule has 1 fully saturated rings. The summed E-state index contributed by atoms with van der Waals surface area (Å²) in [5, 5.41) is 8.81. The second-order valence-electron chi connectivity index (χ2n) is 5.88. The van der Waals surface area contributed by atoms with Crippen LogP contribution in [0.15, 0.2) is 42.7 Å². The number of aromatic nitrogens is 2. The molecule has 1 N–H and O–H groups in total. The number of ether oxygens (including phenoxy) is 1. The predicted molar refractivity (Wildman–Crippen MR) is 89.1 cm³/mol. The number of carboxylic acids is 1. The minimum Gasteiger partial charge on any atom is -0.476 e. The summed E-state index contributed by atoms with van der Waals surface area (Å²) in [5.41, 5.74) is 1.12. The molecule has 25 heavy (non-hydrogen) atoms. The highest BCUT2D eigenvalue weighted by molar-refractivity contribution is 5.92. The van der Waals surface area contributed by atoms with Gasteiger partial charge in [-0.1, -0.05) is 30.3 Å². The molecule has 0 atom stereocenters. The van der Waals surface area contributed by atoms with Crippen LogP contribution < -0.4 is 0 Å². The van der Waals surface area contributed by atoms with Crippen LogP contribution in [0.25, 0.3) is 0 Å². The second kappa shape index (κ2) is 7.85. The first kappa shape index (κ1) is 17.0. The molecular formula is C18H19N3O4. The molecule has 1 aromatic heterocycles. The normalized spacial score (nSPS) is 15.1. The third-order valence-corrected chi connectivity index (χ3v) is 4.15. The van der Waals surface area contributed by atoms with Crippen LogP contribution in [0.1, 0.15) is 39.4 Å². The maximum atomic E-state index is 12.4. The minimum atomic E-state index is -1.16. The van der Waals surface area contributed by atoms with Gasteiger partial charge in [0, 0.05) is 13.1 Å². The molecule has 7 nitrogen and oxygen atoms in total. The number of likely N-dealkylation sites (tertiary alicyclic amines) is 1. The van der Waals surface area contributed by atoms with Crippen LogP contribution in [0, 0.1) is 0 Å². The highest BCUT2D eigenvalue weighted by Gasteiger charge is 2.25. The lowest BCUT2D eigenvalue weighted by atomic mass is 10.1. The van der Waals surface area contributed by atoms with Crippen molar-refractivity contribution in [1.82, 2.24) is 14.9 Å². The number of piperidine rings is 1. The maximum Gasteiger partial charge on any atom is 0.356 e. The van der Waals surface area contributed by atoms with Gasteiger partial charge >= 0.3 is 5.97 Å². The summed E-state index contributed by atoms with van der Waals surface area (Å²) in [6.07, 6.45) is 3.97. The Hall–Kier alpha value is -2.80. The Bertz CT molecular complexity index is 726. The van der Waals surface area contributed by atoms with Crippen LogP contribution in [-0.2, 0) is 11.3 Å². The highest BCUT2D eigenvalue weighted by atomic mass is 16.5. The number of carbonyl (C=O) groups excluding carboxylic acids is 1. The zero-order valence-electron chi connectivity index (χ0n) is 13.7. The van der Waals surface area contributed by atoms with E-state index in [0.717, 1.165) is 24.6 Å². The smallest absolute Gasteiger partial charge is 0.356 e. The molecule has 1 aliphatic heterocycles. The lowest BCUT2D eigenvalue weighted by Crippen LogP contribution is -2.41. The lowest BCUT2D eigenvalue weighted by molar-refractivity contribution is -0.000531. The third-order valence-electron chi connectivity index (χ3n) is 4.15. The van der Waals surface area contributed by atoms with Crippen molar-refractivity contribution in [3.05, 3.63) is 59.7 Å². The van der Waals surface area contributed by atoms with E-state index in [4.69, 9.17) is 9.84 Å². The van der Waals surface area contributed by atoms with E-state index in [1.165, 1.54) is 6.20 Å². The van der Waals surface area contributed by atoms with Gasteiger partial charge in [0.15, 0.2) is 5.69 Å². The zero-order chi connectivity index (χ0) is 17.6. The summed E-state index contributed by atoms with van der Waals surface area (Å²) in [6, 6.07) is 9.99. The molecule has 2 aromatic rings. The number of nitrogens with zero attached hydrogens (tertiary/aromatic N) is 3. The molecule has 2 heterocycles. The Morgan fingerprint density at radius 1 is 1.08 bits per heavy atom. The number of benzene rings is 1. The molecule has 0 saturated carbocycles. The van der Waals surface area contributed by atoms with Gasteiger partial charge in [-0.05, 0) is 18.4 Å². The quantitative estimate of drug-likeness (QED) is 0.894. The van der Waals surface area contributed by atoms with E-state index in [2.05, 4.69) is 9.97 Å². The maximum absolute atomic E-state index is 12.4. The number of rotatable bonds is 5. The molecule has 130 valence electrons. The van der Waals surface area contributed by atoms with Crippen molar-refractivity contribution < 1.29 is 19.4 Å². The van der Waals surface area contributed by atoms with Crippen LogP contribution in [0.3, 0.4) is 0 Å². The highest BCUT2D eigenvalue weighted by Crippen LogP contribution is 2.17. The Balaban J connectivity index is 1.49. The average molecular weight is 341 g/mol. The van der Waals surface area contributed by atoms with Gasteiger partial charge in [-0.25, -0.2) is 14.8 Å². The van der Waals surface area contributed by atoms with E-state index in [1.807, 2.05) is 30.3 Å². The van der Waals surface area contributed by atoms with Crippen LogP contribution >= 0.6 is 0 Å². The topological polar surface area (TPSA) is 92.6 Å². The van der Waals surface area contributed by atoms with Crippen molar-refractivity contribution in [3.8, 4) is 0 Å². The first-order valence-electron chi connectivity index (χ1n) is 8.13. The summed E-state index contributed by atoms with van der Waals surface area (Å²) < 4.78 is 5.91. The van der Waals surface area contributed by atoms with E-state index in [-0.39, 0.29) is 23.4 Å². The second-order valence-corrected chi connectivity index (χ2v) is 5.88. The molecular weight excluding hydrogens is 322 g/mol. The molecule has 0 unspecified atom stereocenters. The van der Waals surface area contributed by atoms with E-state index in [0.29, 0.717) is 19.7 Å². The fourth-order valence-corrected chi connectivity index (χ4v) is 2.72. The Labute approximate surface area is 145 Å². The summed E-state index contributed by atoms with van der Waals surface area (Å²) in [4.78, 5) is 32.5. The van der Waals surface area contributed by atoms with Gasteiger partial charge in [-0.2, -0.15) is 0 Å². The van der Waals surface area contributed by atoms with Crippen LogP contribution in [0.2, 0.25) is 0 Å². The number of hydrogen-bond acceptors (Lipinski definition) is 5. The SMILES string of the molecule is O=C(O)c1cnc(C(=O)N2CCC(OCc3ccccc3)CC2)cn1. The molecule has 1 amide bonds. The first-order chi connectivity index (χ1) is 12.1. The summed E-state index contributed by atoms with van der Waals surface area (Å²) in [6.45, 7) is 1.74. The number of amides is 1. The molecule has 0 radical (unpaired) electrons. The number of aromatic carboxylic acids is 1. The largest absolute Gasteiger partial charge is 0.476 e. The van der Waals surface area contributed by atoms with Crippen molar-refractivity contribution >= 4 is 11.9 Å². The van der Waals surface area contributed by atoms with Gasteiger partial charge in [0.25, 0.3) is 5.91 Å². The zero-order valence-corrected chi connectivity index (χ0v) is 13.7. The Morgan fingerprint density at radius 3 is 2.32 bits per heavy atom. The first-order valence-corrected chi connectivity index (χ1v) is 8.13. The predicted octanol–water partition coefficient (Wildman–Crippen LogP) is 2.00. The molecule has 3 rings (SSSR count). The summed E-state index contributed by atoms with van der Waals surface area (Å²) >= 11 is 0. The van der Waals surface area contributed by atoms with Gasteiger partial charge in [0.05, 0.1) is 25.1 Å². The molecule has 1 aromatic carbocycles. The number of carboxylic acid groups (broad SMARTS) is 1. The fraction of sp³-hybridized carbons (Fsp3) is 0.333. The molecule has 1 saturated heterocycles. The summed E-state index contributed by atoms with van der Waals surface area (Å²) in [5.74, 6) is -1.39. The monoisotopic (exact) mass is 341 g/mol. The van der Waals surface area contributed by atoms with Crippen LogP contribution in [0.4, 0.5) is 0 Å². The van der Waals surface area contributed by atoms with Crippen molar-refractivity contribution in [3.63, 3.8) is 0 Å². The van der Waals surface area contributed by atoms with Gasteiger partial charge < -0.3 is 14.7 Å². The van der Waals surface area contributed by atoms with E-state index in [1.54, 1.807) is 4.90 Å². The van der Waals surface area contributed by atoms with Crippen molar-refractivity contribution in [2.75, 3.05) is 13.1 Å². The van der Waals surface area contributed by atoms with Gasteiger partial charge in [0.1, 0.15) is 5.69 Å². The minimum absolute atomic E-state index is 0.129. The van der Waals surface area contributed by atoms with Crippen LogP contribution in [-0.4, -0.2) is 51.0 Å². The number of carbonyl (C=O) groups is 2. The molecule has 7 heteroatoms. The lowest BCUT2D eigenvalue weighted by Gasteiger charge is -2.31. The van der Waals surface area contributed by atoms with Gasteiger partial charge in [-0.3, -0.25) is 4.79 Å². The average Bonchev–Trinajstić information content (AvgIpc) is 2.67. The Kier molecular flexibility index (Phi) is 5.35. The standard InChI is InChI=1S/C18H19N3O4/c22-17(15-10-20-16(11-19-15)18(23)24)21-8-6-14(7-9-21)25-12-13-4-2-1-3-5-13/h1-5,10-11,14H,6-9,12H2,(H,23,24).